The van der Waals surface area contributed by atoms with E-state index in [1.54, 1.807) is 6.92 Å². The van der Waals surface area contributed by atoms with E-state index in [1.165, 1.54) is 0 Å². The average molecular weight is 161 g/mol. The Labute approximate surface area is 71.9 Å². The highest BCUT2D eigenvalue weighted by Crippen LogP contribution is 1.80. The van der Waals surface area contributed by atoms with Gasteiger partial charge in [0.15, 0.2) is 0 Å². The van der Waals surface area contributed by atoms with Gasteiger partial charge in [-0.2, -0.15) is 0 Å². The molecule has 0 aliphatic carbocycles. The first-order valence-corrected chi connectivity index (χ1v) is 4.35. The van der Waals surface area contributed by atoms with Gasteiger partial charge in [-0.05, 0) is 6.92 Å². The number of hydrogen-bond acceptors (Lipinski definition) is 2. The molecule has 0 amide bonds. The van der Waals surface area contributed by atoms with Crippen molar-refractivity contribution in [2.24, 2.45) is 0 Å². The smallest absolute Gasteiger partial charge is 0.131 e. The molecule has 0 rings (SSSR count). The Hall–Kier alpha value is -0.370. The molecule has 2 heteroatoms. The van der Waals surface area contributed by atoms with E-state index in [2.05, 4.69) is 19.2 Å². The molecule has 0 fully saturated rings. The van der Waals surface area contributed by atoms with Crippen LogP contribution in [0.15, 0.2) is 0 Å². The third-order valence-corrected chi connectivity index (χ3v) is 1.03. The Morgan fingerprint density at radius 1 is 1.45 bits per heavy atom. The van der Waals surface area contributed by atoms with E-state index in [0.717, 1.165) is 6.54 Å². The number of carbonyl (C=O) groups excluding carboxylic acids is 1. The summed E-state index contributed by atoms with van der Waals surface area (Å²) in [5.74, 6) is 0.253. The molecule has 11 heavy (non-hydrogen) atoms. The van der Waals surface area contributed by atoms with Gasteiger partial charge in [-0.1, -0.05) is 27.7 Å². The van der Waals surface area contributed by atoms with Crippen LogP contribution in [0.25, 0.3) is 0 Å². The van der Waals surface area contributed by atoms with Crippen LogP contribution in [-0.2, 0) is 4.79 Å². The molecular formula is C9H23NO. The van der Waals surface area contributed by atoms with Crippen LogP contribution in [0.1, 0.15) is 42.5 Å². The van der Waals surface area contributed by atoms with Crippen molar-refractivity contribution in [3.63, 3.8) is 0 Å². The molecule has 2 nitrogen and oxygen atoms in total. The summed E-state index contributed by atoms with van der Waals surface area (Å²) >= 11 is 0. The fourth-order valence-corrected chi connectivity index (χ4v) is 0.537. The SMILES string of the molecule is CC.CC(=O)CCNC(C)C.[HH]. The molecule has 0 aliphatic heterocycles. The van der Waals surface area contributed by atoms with E-state index in [0.29, 0.717) is 12.5 Å². The van der Waals surface area contributed by atoms with Crippen molar-refractivity contribution in [3.05, 3.63) is 0 Å². The maximum absolute atomic E-state index is 10.4. The predicted octanol–water partition coefficient (Wildman–Crippen LogP) is 2.24. The minimum absolute atomic E-state index is 0. The zero-order chi connectivity index (χ0) is 9.28. The van der Waals surface area contributed by atoms with Crippen LogP contribution in [0.5, 0.6) is 0 Å². The fourth-order valence-electron chi connectivity index (χ4n) is 0.537. The lowest BCUT2D eigenvalue weighted by atomic mass is 10.3. The van der Waals surface area contributed by atoms with Crippen LogP contribution in [0.3, 0.4) is 0 Å². The van der Waals surface area contributed by atoms with Crippen LogP contribution in [0, 0.1) is 0 Å². The first-order valence-electron chi connectivity index (χ1n) is 4.35. The van der Waals surface area contributed by atoms with Crippen molar-refractivity contribution in [3.8, 4) is 0 Å². The second kappa shape index (κ2) is 9.63. The van der Waals surface area contributed by atoms with Crippen LogP contribution < -0.4 is 5.32 Å². The summed E-state index contributed by atoms with van der Waals surface area (Å²) in [4.78, 5) is 10.4. The van der Waals surface area contributed by atoms with E-state index in [1.807, 2.05) is 13.8 Å². The maximum atomic E-state index is 10.4. The van der Waals surface area contributed by atoms with Crippen molar-refractivity contribution in [2.75, 3.05) is 6.54 Å². The number of Topliss-reactive ketones (excluding diaryl/α,β-unsaturated/α-hetero) is 1. The predicted molar refractivity (Wildman–Crippen MR) is 51.9 cm³/mol. The Kier molecular flexibility index (Phi) is 11.6. The average Bonchev–Trinajstić information content (AvgIpc) is 1.90. The van der Waals surface area contributed by atoms with E-state index >= 15 is 0 Å². The topological polar surface area (TPSA) is 29.1 Å². The van der Waals surface area contributed by atoms with Gasteiger partial charge < -0.3 is 5.32 Å². The largest absolute Gasteiger partial charge is 0.314 e. The van der Waals surface area contributed by atoms with Gasteiger partial charge in [0.1, 0.15) is 5.78 Å². The highest BCUT2D eigenvalue weighted by Gasteiger charge is 1.93. The number of ketones is 1. The van der Waals surface area contributed by atoms with Crippen LogP contribution in [0.2, 0.25) is 0 Å². The molecule has 1 N–H and O–H groups in total. The van der Waals surface area contributed by atoms with Crippen molar-refractivity contribution < 1.29 is 6.22 Å². The molecular weight excluding hydrogens is 138 g/mol. The van der Waals surface area contributed by atoms with E-state index in [4.69, 9.17) is 0 Å². The lowest BCUT2D eigenvalue weighted by Gasteiger charge is -2.04. The minimum Gasteiger partial charge on any atom is -0.314 e. The Morgan fingerprint density at radius 3 is 2.18 bits per heavy atom. The first-order chi connectivity index (χ1) is 5.13. The highest BCUT2D eigenvalue weighted by molar-refractivity contribution is 5.75. The summed E-state index contributed by atoms with van der Waals surface area (Å²) in [6.07, 6.45) is 0.651. The second-order valence-electron chi connectivity index (χ2n) is 2.56. The van der Waals surface area contributed by atoms with Gasteiger partial charge in [-0.25, -0.2) is 0 Å². The molecule has 0 aromatic carbocycles. The Bertz CT molecular complexity index is 94.5. The van der Waals surface area contributed by atoms with Gasteiger partial charge in [0.2, 0.25) is 0 Å². The molecule has 0 spiro atoms. The molecule has 70 valence electrons. The van der Waals surface area contributed by atoms with Gasteiger partial charge in [0.05, 0.1) is 0 Å². The van der Waals surface area contributed by atoms with Gasteiger partial charge in [0.25, 0.3) is 0 Å². The third kappa shape index (κ3) is 17.7. The molecule has 0 bridgehead atoms. The van der Waals surface area contributed by atoms with E-state index in [-0.39, 0.29) is 7.21 Å². The monoisotopic (exact) mass is 161 g/mol. The summed E-state index contributed by atoms with van der Waals surface area (Å²) in [5, 5.41) is 3.16. The lowest BCUT2D eigenvalue weighted by molar-refractivity contribution is -0.116. The second-order valence-corrected chi connectivity index (χ2v) is 2.56. The molecule has 0 saturated heterocycles. The number of rotatable bonds is 4. The quantitative estimate of drug-likeness (QED) is 0.685. The fraction of sp³-hybridized carbons (Fsp3) is 0.889. The Morgan fingerprint density at radius 2 is 1.91 bits per heavy atom. The van der Waals surface area contributed by atoms with E-state index < -0.39 is 0 Å². The molecule has 0 aromatic rings. The summed E-state index contributed by atoms with van der Waals surface area (Å²) in [5.41, 5.74) is 0. The third-order valence-electron chi connectivity index (χ3n) is 1.03. The van der Waals surface area contributed by atoms with Gasteiger partial charge >= 0.3 is 0 Å². The number of nitrogens with one attached hydrogen (secondary N) is 1. The van der Waals surface area contributed by atoms with Gasteiger partial charge in [-0.3, -0.25) is 4.79 Å². The van der Waals surface area contributed by atoms with Crippen molar-refractivity contribution in [1.82, 2.24) is 5.32 Å². The number of carbonyl (C=O) groups is 1. The van der Waals surface area contributed by atoms with Crippen LogP contribution >= 0.6 is 0 Å². The zero-order valence-corrected chi connectivity index (χ0v) is 8.40. The van der Waals surface area contributed by atoms with Gasteiger partial charge in [-0.15, -0.1) is 0 Å². The molecule has 0 atom stereocenters. The Balaban J connectivity index is -0.000000249. The molecule has 0 aromatic heterocycles. The summed E-state index contributed by atoms with van der Waals surface area (Å²) in [7, 11) is 0. The molecule has 0 aliphatic rings. The molecule has 0 saturated carbocycles. The van der Waals surface area contributed by atoms with E-state index in [9.17, 15) is 4.79 Å². The summed E-state index contributed by atoms with van der Waals surface area (Å²) < 4.78 is 0. The maximum Gasteiger partial charge on any atom is 0.131 e. The normalized spacial score (nSPS) is 8.91. The summed E-state index contributed by atoms with van der Waals surface area (Å²) in [6, 6.07) is 0.490. The lowest BCUT2D eigenvalue weighted by Crippen LogP contribution is -2.24. The van der Waals surface area contributed by atoms with Crippen LogP contribution in [0.4, 0.5) is 0 Å². The molecule has 0 heterocycles. The zero-order valence-electron chi connectivity index (χ0n) is 8.40. The van der Waals surface area contributed by atoms with Crippen molar-refractivity contribution in [1.29, 1.82) is 0 Å². The highest BCUT2D eigenvalue weighted by atomic mass is 16.1. The number of hydrogen-bond donors (Lipinski definition) is 1. The molecule has 0 radical (unpaired) electrons. The molecule has 0 unspecified atom stereocenters. The standard InChI is InChI=1S/C7H15NO.C2H6.H2/c1-6(2)8-5-4-7(3)9;1-2;/h6,8H,4-5H2,1-3H3;1-2H3;1H. The minimum atomic E-state index is 0. The van der Waals surface area contributed by atoms with Crippen LogP contribution in [-0.4, -0.2) is 18.4 Å². The first kappa shape index (κ1) is 13.2. The van der Waals surface area contributed by atoms with Crippen molar-refractivity contribution in [2.45, 2.75) is 47.1 Å². The summed E-state index contributed by atoms with van der Waals surface area (Å²) in [6.45, 7) is 10.6. The van der Waals surface area contributed by atoms with Crippen molar-refractivity contribution >= 4 is 5.78 Å². The van der Waals surface area contributed by atoms with Gasteiger partial charge in [0, 0.05) is 20.4 Å².